The molecule has 5 atom stereocenters. The van der Waals surface area contributed by atoms with Gasteiger partial charge in [0.1, 0.15) is 24.4 Å². The van der Waals surface area contributed by atoms with E-state index in [4.69, 9.17) is 4.74 Å². The third-order valence-electron chi connectivity index (χ3n) is 5.26. The van der Waals surface area contributed by atoms with Crippen molar-refractivity contribution >= 4 is 11.8 Å². The fourth-order valence-electron chi connectivity index (χ4n) is 3.47. The lowest BCUT2D eigenvalue weighted by Gasteiger charge is -2.29. The number of ether oxygens (including phenoxy) is 1. The van der Waals surface area contributed by atoms with Gasteiger partial charge in [0.25, 0.3) is 5.91 Å². The van der Waals surface area contributed by atoms with Crippen molar-refractivity contribution < 1.29 is 29.6 Å². The number of hydrogen-bond acceptors (Lipinski definition) is 6. The Morgan fingerprint density at radius 2 is 1.81 bits per heavy atom. The Labute approximate surface area is 183 Å². The number of amides is 2. The molecule has 0 spiro atoms. The predicted octanol–water partition coefficient (Wildman–Crippen LogP) is 0.386. The van der Waals surface area contributed by atoms with Crippen LogP contribution in [0.4, 0.5) is 0 Å². The molecule has 172 valence electrons. The van der Waals surface area contributed by atoms with E-state index >= 15 is 0 Å². The summed E-state index contributed by atoms with van der Waals surface area (Å²) in [4.78, 5) is 27.1. The number of allylic oxidation sites excluding steroid dienone is 1. The van der Waals surface area contributed by atoms with Crippen LogP contribution in [0.3, 0.4) is 0 Å². The number of hydrogen-bond donors (Lipinski definition) is 4. The first-order valence-electron chi connectivity index (χ1n) is 10.3. The Morgan fingerprint density at radius 1 is 1.19 bits per heavy atom. The zero-order chi connectivity index (χ0) is 23.3. The van der Waals surface area contributed by atoms with Crippen LogP contribution >= 0.6 is 0 Å². The van der Waals surface area contributed by atoms with E-state index in [1.54, 1.807) is 13.1 Å². The summed E-state index contributed by atoms with van der Waals surface area (Å²) in [5, 5.41) is 33.6. The highest BCUT2D eigenvalue weighted by atomic mass is 16.5. The van der Waals surface area contributed by atoms with Gasteiger partial charge < -0.3 is 30.3 Å². The SMILES string of the molecule is CO[C@@H](C(=O)NC1Cc2ccccc2CN(C)C1=O)[C@H](O)[C@@H](O)[C@H](O)C=CC(C)(C)C. The molecule has 0 aliphatic carbocycles. The maximum absolute atomic E-state index is 12.8. The molecule has 1 heterocycles. The molecule has 2 amide bonds. The third kappa shape index (κ3) is 6.61. The largest absolute Gasteiger partial charge is 0.387 e. The lowest BCUT2D eigenvalue weighted by atomic mass is 9.94. The van der Waals surface area contributed by atoms with Crippen LogP contribution in [0.1, 0.15) is 31.9 Å². The molecule has 0 aromatic heterocycles. The smallest absolute Gasteiger partial charge is 0.252 e. The van der Waals surface area contributed by atoms with Crippen molar-refractivity contribution in [3.8, 4) is 0 Å². The van der Waals surface area contributed by atoms with Gasteiger partial charge in [-0.15, -0.1) is 0 Å². The van der Waals surface area contributed by atoms with E-state index < -0.39 is 36.4 Å². The van der Waals surface area contributed by atoms with Crippen molar-refractivity contribution in [2.45, 2.75) is 64.2 Å². The highest BCUT2D eigenvalue weighted by Gasteiger charge is 2.38. The monoisotopic (exact) mass is 434 g/mol. The number of fused-ring (bicyclic) bond motifs is 1. The summed E-state index contributed by atoms with van der Waals surface area (Å²) >= 11 is 0. The van der Waals surface area contributed by atoms with Crippen LogP contribution in [0.2, 0.25) is 0 Å². The number of carbonyl (C=O) groups excluding carboxylic acids is 2. The first-order valence-corrected chi connectivity index (χ1v) is 10.3. The number of likely N-dealkylation sites (N-methyl/N-ethyl adjacent to an activating group) is 1. The minimum absolute atomic E-state index is 0.230. The quantitative estimate of drug-likeness (QED) is 0.461. The second-order valence-electron chi connectivity index (χ2n) is 9.08. The van der Waals surface area contributed by atoms with E-state index in [0.717, 1.165) is 11.1 Å². The summed E-state index contributed by atoms with van der Waals surface area (Å²) in [6, 6.07) is 6.78. The first kappa shape index (κ1) is 25.0. The Morgan fingerprint density at radius 3 is 2.39 bits per heavy atom. The van der Waals surface area contributed by atoms with Gasteiger partial charge in [0.05, 0.1) is 0 Å². The number of rotatable bonds is 7. The molecule has 1 aliphatic rings. The van der Waals surface area contributed by atoms with Gasteiger partial charge in [0.15, 0.2) is 6.10 Å². The van der Waals surface area contributed by atoms with E-state index in [2.05, 4.69) is 5.32 Å². The first-order chi connectivity index (χ1) is 14.4. The van der Waals surface area contributed by atoms with Gasteiger partial charge in [0, 0.05) is 27.1 Å². The molecule has 1 unspecified atom stereocenters. The number of methoxy groups -OCH3 is 1. The molecule has 8 nitrogen and oxygen atoms in total. The number of aliphatic hydroxyl groups excluding tert-OH is 3. The van der Waals surface area contributed by atoms with Gasteiger partial charge in [-0.25, -0.2) is 0 Å². The lowest BCUT2D eigenvalue weighted by molar-refractivity contribution is -0.151. The molecule has 0 saturated heterocycles. The molecule has 1 aromatic rings. The minimum Gasteiger partial charge on any atom is -0.387 e. The summed E-state index contributed by atoms with van der Waals surface area (Å²) in [6.07, 6.45) is -2.83. The van der Waals surface area contributed by atoms with Gasteiger partial charge in [0.2, 0.25) is 5.91 Å². The summed E-state index contributed by atoms with van der Waals surface area (Å²) < 4.78 is 5.11. The van der Waals surface area contributed by atoms with Crippen molar-refractivity contribution in [2.75, 3.05) is 14.2 Å². The van der Waals surface area contributed by atoms with E-state index in [0.29, 0.717) is 13.0 Å². The summed E-state index contributed by atoms with van der Waals surface area (Å²) in [5.41, 5.74) is 1.72. The van der Waals surface area contributed by atoms with E-state index in [1.807, 2.05) is 45.0 Å². The van der Waals surface area contributed by atoms with Crippen molar-refractivity contribution in [1.29, 1.82) is 0 Å². The summed E-state index contributed by atoms with van der Waals surface area (Å²) in [5.74, 6) is -1.00. The van der Waals surface area contributed by atoms with E-state index in [1.165, 1.54) is 18.1 Å². The molecule has 0 radical (unpaired) electrons. The van der Waals surface area contributed by atoms with Crippen LogP contribution in [-0.4, -0.2) is 76.6 Å². The Balaban J connectivity index is 2.12. The summed E-state index contributed by atoms with van der Waals surface area (Å²) in [7, 11) is 2.88. The second-order valence-corrected chi connectivity index (χ2v) is 9.08. The van der Waals surface area contributed by atoms with Crippen molar-refractivity contribution in [1.82, 2.24) is 10.2 Å². The average molecular weight is 435 g/mol. The normalized spacial score (nSPS) is 21.2. The maximum atomic E-state index is 12.8. The Bertz CT molecular complexity index is 804. The van der Waals surface area contributed by atoms with Crippen molar-refractivity contribution in [3.05, 3.63) is 47.5 Å². The number of benzene rings is 1. The zero-order valence-electron chi connectivity index (χ0n) is 18.8. The molecule has 1 aliphatic heterocycles. The van der Waals surface area contributed by atoms with Crippen LogP contribution in [0.25, 0.3) is 0 Å². The van der Waals surface area contributed by atoms with Crippen LogP contribution in [0.15, 0.2) is 36.4 Å². The highest BCUT2D eigenvalue weighted by Crippen LogP contribution is 2.20. The van der Waals surface area contributed by atoms with Gasteiger partial charge in [-0.05, 0) is 16.5 Å². The van der Waals surface area contributed by atoms with Crippen molar-refractivity contribution in [2.24, 2.45) is 5.41 Å². The van der Waals surface area contributed by atoms with Crippen LogP contribution in [0.5, 0.6) is 0 Å². The van der Waals surface area contributed by atoms with Crippen LogP contribution in [-0.2, 0) is 27.3 Å². The fraction of sp³-hybridized carbons (Fsp3) is 0.565. The third-order valence-corrected chi connectivity index (χ3v) is 5.26. The van der Waals surface area contributed by atoms with E-state index in [9.17, 15) is 24.9 Å². The Hall–Kier alpha value is -2.26. The standard InChI is InChI=1S/C23H34N2O6/c1-23(2,3)11-10-17(26)18(27)19(28)20(31-5)21(29)24-16-12-14-8-6-7-9-15(14)13-25(4)22(16)30/h6-11,16-20,26-28H,12-13H2,1-5H3,(H,24,29)/t16?,17-,18+,19-,20-/m1/s1. The van der Waals surface area contributed by atoms with E-state index in [-0.39, 0.29) is 11.3 Å². The molecular weight excluding hydrogens is 400 g/mol. The predicted molar refractivity (Wildman–Crippen MR) is 116 cm³/mol. The Kier molecular flexibility index (Phi) is 8.36. The molecule has 0 saturated carbocycles. The second kappa shape index (κ2) is 10.4. The van der Waals surface area contributed by atoms with Crippen molar-refractivity contribution in [3.63, 3.8) is 0 Å². The van der Waals surface area contributed by atoms with Gasteiger partial charge >= 0.3 is 0 Å². The molecule has 2 rings (SSSR count). The number of nitrogens with zero attached hydrogens (tertiary/aromatic N) is 1. The molecular formula is C23H34N2O6. The van der Waals surface area contributed by atoms with Crippen LogP contribution in [0, 0.1) is 5.41 Å². The summed E-state index contributed by atoms with van der Waals surface area (Å²) in [6.45, 7) is 6.19. The highest BCUT2D eigenvalue weighted by molar-refractivity contribution is 5.90. The molecule has 1 aromatic carbocycles. The fourth-order valence-corrected chi connectivity index (χ4v) is 3.47. The van der Waals surface area contributed by atoms with Gasteiger partial charge in [-0.3, -0.25) is 9.59 Å². The molecule has 0 fully saturated rings. The van der Waals surface area contributed by atoms with Gasteiger partial charge in [-0.1, -0.05) is 57.2 Å². The molecule has 31 heavy (non-hydrogen) atoms. The number of carbonyl (C=O) groups is 2. The topological polar surface area (TPSA) is 119 Å². The van der Waals surface area contributed by atoms with Crippen LogP contribution < -0.4 is 5.32 Å². The lowest BCUT2D eigenvalue weighted by Crippen LogP contribution is -2.56. The molecule has 0 bridgehead atoms. The number of nitrogens with one attached hydrogen (secondary N) is 1. The average Bonchev–Trinajstić information content (AvgIpc) is 2.82. The van der Waals surface area contributed by atoms with Gasteiger partial charge in [-0.2, -0.15) is 0 Å². The minimum atomic E-state index is -1.70. The molecule has 4 N–H and O–H groups in total. The molecule has 8 heteroatoms. The zero-order valence-corrected chi connectivity index (χ0v) is 18.8. The number of aliphatic hydroxyl groups is 3. The maximum Gasteiger partial charge on any atom is 0.252 e.